The van der Waals surface area contributed by atoms with Gasteiger partial charge in [0.05, 0.1) is 12.5 Å². The Balaban J connectivity index is 1.80. The molecular weight excluding hydrogens is 244 g/mol. The van der Waals surface area contributed by atoms with E-state index in [4.69, 9.17) is 16.9 Å². The summed E-state index contributed by atoms with van der Waals surface area (Å²) in [6.07, 6.45) is 3.97. The minimum absolute atomic E-state index is 0.353. The number of halogens is 1. The summed E-state index contributed by atoms with van der Waals surface area (Å²) in [5.74, 6) is 0.652. The van der Waals surface area contributed by atoms with E-state index in [0.29, 0.717) is 24.4 Å². The number of hydrogen-bond donors (Lipinski definition) is 1. The molecule has 0 bridgehead atoms. The van der Waals surface area contributed by atoms with Gasteiger partial charge in [-0.3, -0.25) is 0 Å². The second kappa shape index (κ2) is 6.22. The van der Waals surface area contributed by atoms with Crippen molar-refractivity contribution < 1.29 is 0 Å². The molecule has 1 aliphatic rings. The normalized spacial score (nSPS) is 24.1. The van der Waals surface area contributed by atoms with E-state index in [0.717, 1.165) is 11.4 Å². The predicted octanol–water partition coefficient (Wildman–Crippen LogP) is 3.87. The average molecular weight is 263 g/mol. The summed E-state index contributed by atoms with van der Waals surface area (Å²) in [4.78, 5) is 0. The second-order valence-electron chi connectivity index (χ2n) is 5.05. The van der Waals surface area contributed by atoms with Crippen LogP contribution in [0.2, 0.25) is 5.02 Å². The molecule has 0 saturated heterocycles. The summed E-state index contributed by atoms with van der Waals surface area (Å²) >= 11 is 5.89. The monoisotopic (exact) mass is 262 g/mol. The molecule has 0 aromatic heterocycles. The van der Waals surface area contributed by atoms with E-state index >= 15 is 0 Å². The quantitative estimate of drug-likeness (QED) is 0.874. The van der Waals surface area contributed by atoms with Gasteiger partial charge >= 0.3 is 0 Å². The van der Waals surface area contributed by atoms with Gasteiger partial charge < -0.3 is 5.32 Å². The summed E-state index contributed by atoms with van der Waals surface area (Å²) < 4.78 is 0. The molecule has 0 aliphatic heterocycles. The highest BCUT2D eigenvalue weighted by Crippen LogP contribution is 2.37. The summed E-state index contributed by atoms with van der Waals surface area (Å²) in [5, 5.41) is 13.1. The number of benzene rings is 1. The molecule has 1 aliphatic carbocycles. The zero-order chi connectivity index (χ0) is 13.0. The van der Waals surface area contributed by atoms with Crippen LogP contribution in [0.4, 0.5) is 0 Å². The molecule has 3 heteroatoms. The Morgan fingerprint density at radius 2 is 2.06 bits per heavy atom. The third-order valence-electron chi connectivity index (χ3n) is 3.78. The first kappa shape index (κ1) is 13.4. The fourth-order valence-electron chi connectivity index (χ4n) is 2.53. The minimum atomic E-state index is 0.353. The third kappa shape index (κ3) is 3.25. The topological polar surface area (TPSA) is 35.8 Å². The van der Waals surface area contributed by atoms with Crippen LogP contribution in [-0.4, -0.2) is 12.1 Å². The van der Waals surface area contributed by atoms with E-state index in [9.17, 15) is 0 Å². The number of nitrogens with zero attached hydrogens (tertiary/aromatic N) is 1. The van der Waals surface area contributed by atoms with Crippen LogP contribution in [-0.2, 0) is 0 Å². The van der Waals surface area contributed by atoms with Gasteiger partial charge in [-0.05, 0) is 42.9 Å². The standard InChI is InChI=1S/C15H19ClN2/c1-2-14(7-8-17)18-15-9-12(10-15)11-3-5-13(16)6-4-11/h3-6,12,14-15,18H,2,7,9-10H2,1H3. The van der Waals surface area contributed by atoms with Crippen LogP contribution < -0.4 is 5.32 Å². The Kier molecular flexibility index (Phi) is 4.63. The lowest BCUT2D eigenvalue weighted by atomic mass is 9.75. The zero-order valence-electron chi connectivity index (χ0n) is 10.7. The maximum Gasteiger partial charge on any atom is 0.0638 e. The van der Waals surface area contributed by atoms with Crippen molar-refractivity contribution in [1.29, 1.82) is 5.26 Å². The Hall–Kier alpha value is -1.04. The molecule has 2 rings (SSSR count). The van der Waals surface area contributed by atoms with Crippen LogP contribution in [0.25, 0.3) is 0 Å². The number of rotatable bonds is 5. The van der Waals surface area contributed by atoms with Gasteiger partial charge in [0, 0.05) is 17.1 Å². The van der Waals surface area contributed by atoms with Crippen LogP contribution in [0.5, 0.6) is 0 Å². The van der Waals surface area contributed by atoms with Gasteiger partial charge in [-0.2, -0.15) is 5.26 Å². The first-order chi connectivity index (χ1) is 8.72. The number of nitrogens with one attached hydrogen (secondary N) is 1. The van der Waals surface area contributed by atoms with Crippen LogP contribution >= 0.6 is 11.6 Å². The molecule has 0 heterocycles. The second-order valence-corrected chi connectivity index (χ2v) is 5.49. The molecule has 18 heavy (non-hydrogen) atoms. The molecule has 1 N–H and O–H groups in total. The van der Waals surface area contributed by atoms with E-state index in [1.807, 2.05) is 12.1 Å². The Morgan fingerprint density at radius 1 is 1.39 bits per heavy atom. The number of nitriles is 1. The van der Waals surface area contributed by atoms with E-state index in [-0.39, 0.29) is 0 Å². The molecule has 1 aromatic carbocycles. The Morgan fingerprint density at radius 3 is 2.61 bits per heavy atom. The lowest BCUT2D eigenvalue weighted by Crippen LogP contribution is -2.45. The smallest absolute Gasteiger partial charge is 0.0638 e. The highest BCUT2D eigenvalue weighted by molar-refractivity contribution is 6.30. The largest absolute Gasteiger partial charge is 0.310 e. The summed E-state index contributed by atoms with van der Waals surface area (Å²) in [5.41, 5.74) is 1.38. The highest BCUT2D eigenvalue weighted by atomic mass is 35.5. The Bertz CT molecular complexity index is 415. The van der Waals surface area contributed by atoms with Gasteiger partial charge in [0.2, 0.25) is 0 Å². The summed E-state index contributed by atoms with van der Waals surface area (Å²) in [6.45, 7) is 2.13. The first-order valence-electron chi connectivity index (χ1n) is 6.61. The Labute approximate surface area is 114 Å². The minimum Gasteiger partial charge on any atom is -0.310 e. The van der Waals surface area contributed by atoms with Crippen LogP contribution in [0.15, 0.2) is 24.3 Å². The van der Waals surface area contributed by atoms with Gasteiger partial charge in [0.1, 0.15) is 0 Å². The maximum absolute atomic E-state index is 8.72. The van der Waals surface area contributed by atoms with Crippen LogP contribution in [0, 0.1) is 11.3 Å². The van der Waals surface area contributed by atoms with E-state index in [1.54, 1.807) is 0 Å². The van der Waals surface area contributed by atoms with Gasteiger partial charge in [0.15, 0.2) is 0 Å². The average Bonchev–Trinajstić information content (AvgIpc) is 2.33. The third-order valence-corrected chi connectivity index (χ3v) is 4.03. The van der Waals surface area contributed by atoms with Crippen molar-refractivity contribution >= 4 is 11.6 Å². The molecule has 1 fully saturated rings. The van der Waals surface area contributed by atoms with Crippen LogP contribution in [0.3, 0.4) is 0 Å². The lowest BCUT2D eigenvalue weighted by Gasteiger charge is -2.38. The van der Waals surface area contributed by atoms with Crippen molar-refractivity contribution in [3.63, 3.8) is 0 Å². The van der Waals surface area contributed by atoms with Crippen molar-refractivity contribution in [3.05, 3.63) is 34.9 Å². The molecule has 0 amide bonds. The fraction of sp³-hybridized carbons (Fsp3) is 0.533. The first-order valence-corrected chi connectivity index (χ1v) is 6.99. The number of hydrogen-bond acceptors (Lipinski definition) is 2. The fourth-order valence-corrected chi connectivity index (χ4v) is 2.65. The summed E-state index contributed by atoms with van der Waals surface area (Å²) in [7, 11) is 0. The predicted molar refractivity (Wildman–Crippen MR) is 74.7 cm³/mol. The lowest BCUT2D eigenvalue weighted by molar-refractivity contribution is 0.262. The molecule has 96 valence electrons. The van der Waals surface area contributed by atoms with Gasteiger partial charge in [-0.25, -0.2) is 0 Å². The molecular formula is C15H19ClN2. The van der Waals surface area contributed by atoms with Crippen LogP contribution in [0.1, 0.15) is 44.1 Å². The highest BCUT2D eigenvalue weighted by Gasteiger charge is 2.31. The van der Waals surface area contributed by atoms with Gasteiger partial charge in [-0.1, -0.05) is 30.7 Å². The van der Waals surface area contributed by atoms with Gasteiger partial charge in [0.25, 0.3) is 0 Å². The van der Waals surface area contributed by atoms with Crippen molar-refractivity contribution in [2.75, 3.05) is 0 Å². The zero-order valence-corrected chi connectivity index (χ0v) is 11.5. The van der Waals surface area contributed by atoms with E-state index in [2.05, 4.69) is 30.4 Å². The molecule has 1 saturated carbocycles. The maximum atomic E-state index is 8.72. The SMILES string of the molecule is CCC(CC#N)NC1CC(c2ccc(Cl)cc2)C1. The molecule has 1 unspecified atom stereocenters. The molecule has 1 aromatic rings. The van der Waals surface area contributed by atoms with Crippen molar-refractivity contribution in [1.82, 2.24) is 5.32 Å². The molecule has 2 nitrogen and oxygen atoms in total. The van der Waals surface area contributed by atoms with Crippen molar-refractivity contribution in [2.24, 2.45) is 0 Å². The van der Waals surface area contributed by atoms with E-state index in [1.165, 1.54) is 18.4 Å². The van der Waals surface area contributed by atoms with Gasteiger partial charge in [-0.15, -0.1) is 0 Å². The molecule has 0 spiro atoms. The summed E-state index contributed by atoms with van der Waals surface area (Å²) in [6, 6.07) is 11.3. The molecule has 0 radical (unpaired) electrons. The van der Waals surface area contributed by atoms with Crippen molar-refractivity contribution in [3.8, 4) is 6.07 Å². The molecule has 1 atom stereocenters. The van der Waals surface area contributed by atoms with E-state index < -0.39 is 0 Å². The van der Waals surface area contributed by atoms with Crippen molar-refractivity contribution in [2.45, 2.75) is 50.6 Å².